The van der Waals surface area contributed by atoms with Crippen LogP contribution in [-0.4, -0.2) is 30.8 Å². The highest BCUT2D eigenvalue weighted by molar-refractivity contribution is 5.88. The van der Waals surface area contributed by atoms with E-state index < -0.39 is 18.7 Å². The van der Waals surface area contributed by atoms with E-state index in [-0.39, 0.29) is 11.4 Å². The van der Waals surface area contributed by atoms with Crippen molar-refractivity contribution in [3.63, 3.8) is 0 Å². The number of alkyl halides is 3. The van der Waals surface area contributed by atoms with Crippen molar-refractivity contribution in [2.24, 2.45) is 0 Å². The number of rotatable bonds is 3. The van der Waals surface area contributed by atoms with Crippen molar-refractivity contribution >= 4 is 11.7 Å². The van der Waals surface area contributed by atoms with Crippen molar-refractivity contribution in [3.05, 3.63) is 24.0 Å². The molecule has 0 saturated carbocycles. The average molecular weight is 234 g/mol. The number of esters is 1. The number of methoxy groups -OCH3 is 1. The normalized spacial score (nSPS) is 11.0. The smallest absolute Gasteiger partial charge is 0.405 e. The molecule has 1 heterocycles. The highest BCUT2D eigenvalue weighted by Gasteiger charge is 2.26. The number of pyridine rings is 1. The molecule has 0 aliphatic carbocycles. The fourth-order valence-corrected chi connectivity index (χ4v) is 0.959. The van der Waals surface area contributed by atoms with Gasteiger partial charge in [0.25, 0.3) is 0 Å². The molecule has 7 heteroatoms. The molecule has 0 atom stereocenters. The van der Waals surface area contributed by atoms with Gasteiger partial charge in [-0.3, -0.25) is 0 Å². The SMILES string of the molecule is COC(=O)c1cc(NCC(F)(F)F)ccn1. The molecule has 1 N–H and O–H groups in total. The molecule has 0 saturated heterocycles. The molecule has 16 heavy (non-hydrogen) atoms. The molecular formula is C9H9F3N2O2. The van der Waals surface area contributed by atoms with Gasteiger partial charge in [0.15, 0.2) is 0 Å². The molecule has 1 aromatic rings. The molecule has 0 fully saturated rings. The largest absolute Gasteiger partial charge is 0.464 e. The van der Waals surface area contributed by atoms with E-state index in [0.29, 0.717) is 0 Å². The van der Waals surface area contributed by atoms with E-state index in [1.165, 1.54) is 25.4 Å². The maximum Gasteiger partial charge on any atom is 0.405 e. The summed E-state index contributed by atoms with van der Waals surface area (Å²) in [6.07, 6.45) is -3.08. The lowest BCUT2D eigenvalue weighted by atomic mass is 10.3. The van der Waals surface area contributed by atoms with Gasteiger partial charge in [0.1, 0.15) is 12.2 Å². The first-order valence-corrected chi connectivity index (χ1v) is 4.27. The Kier molecular flexibility index (Phi) is 3.70. The second-order valence-electron chi connectivity index (χ2n) is 2.89. The molecule has 0 amide bonds. The van der Waals surface area contributed by atoms with Crippen molar-refractivity contribution < 1.29 is 22.7 Å². The van der Waals surface area contributed by atoms with Gasteiger partial charge in [-0.05, 0) is 12.1 Å². The lowest BCUT2D eigenvalue weighted by Gasteiger charge is -2.09. The zero-order valence-corrected chi connectivity index (χ0v) is 8.34. The fraction of sp³-hybridized carbons (Fsp3) is 0.333. The van der Waals surface area contributed by atoms with Gasteiger partial charge in [-0.15, -0.1) is 0 Å². The molecule has 0 radical (unpaired) electrons. The maximum atomic E-state index is 11.9. The van der Waals surface area contributed by atoms with Crippen LogP contribution in [0.15, 0.2) is 18.3 Å². The van der Waals surface area contributed by atoms with E-state index in [1.54, 1.807) is 0 Å². The second-order valence-corrected chi connectivity index (χ2v) is 2.89. The summed E-state index contributed by atoms with van der Waals surface area (Å²) in [5.74, 6) is -0.698. The minimum Gasteiger partial charge on any atom is -0.464 e. The van der Waals surface area contributed by atoms with Crippen LogP contribution < -0.4 is 5.32 Å². The lowest BCUT2D eigenvalue weighted by Crippen LogP contribution is -2.21. The summed E-state index contributed by atoms with van der Waals surface area (Å²) in [4.78, 5) is 14.7. The molecule has 1 aromatic heterocycles. The van der Waals surface area contributed by atoms with Crippen LogP contribution in [0.25, 0.3) is 0 Å². The number of carbonyl (C=O) groups is 1. The number of nitrogens with zero attached hydrogens (tertiary/aromatic N) is 1. The quantitative estimate of drug-likeness (QED) is 0.811. The number of hydrogen-bond acceptors (Lipinski definition) is 4. The van der Waals surface area contributed by atoms with Crippen LogP contribution >= 0.6 is 0 Å². The summed E-state index contributed by atoms with van der Waals surface area (Å²) in [5.41, 5.74) is 0.113. The van der Waals surface area contributed by atoms with Gasteiger partial charge >= 0.3 is 12.1 Å². The third-order valence-corrected chi connectivity index (χ3v) is 1.65. The zero-order chi connectivity index (χ0) is 12.2. The molecule has 0 spiro atoms. The Hall–Kier alpha value is -1.79. The van der Waals surface area contributed by atoms with E-state index in [0.717, 1.165) is 0 Å². The van der Waals surface area contributed by atoms with Crippen LogP contribution in [0, 0.1) is 0 Å². The molecule has 0 aliphatic rings. The monoisotopic (exact) mass is 234 g/mol. The maximum absolute atomic E-state index is 11.9. The molecule has 0 unspecified atom stereocenters. The Morgan fingerprint density at radius 2 is 2.25 bits per heavy atom. The highest BCUT2D eigenvalue weighted by atomic mass is 19.4. The third-order valence-electron chi connectivity index (χ3n) is 1.65. The van der Waals surface area contributed by atoms with E-state index in [9.17, 15) is 18.0 Å². The summed E-state index contributed by atoms with van der Waals surface area (Å²) >= 11 is 0. The van der Waals surface area contributed by atoms with Crippen molar-refractivity contribution in [2.75, 3.05) is 19.0 Å². The minimum absolute atomic E-state index is 0.0466. The van der Waals surface area contributed by atoms with Crippen molar-refractivity contribution in [3.8, 4) is 0 Å². The number of hydrogen-bond donors (Lipinski definition) is 1. The number of aromatic nitrogens is 1. The number of halogens is 3. The van der Waals surface area contributed by atoms with Crippen LogP contribution in [0.1, 0.15) is 10.5 Å². The molecule has 88 valence electrons. The first-order chi connectivity index (χ1) is 7.42. The van der Waals surface area contributed by atoms with E-state index in [1.807, 2.05) is 0 Å². The summed E-state index contributed by atoms with van der Waals surface area (Å²) in [7, 11) is 1.17. The van der Waals surface area contributed by atoms with Crippen molar-refractivity contribution in [1.82, 2.24) is 4.98 Å². The van der Waals surface area contributed by atoms with Crippen LogP contribution in [0.2, 0.25) is 0 Å². The van der Waals surface area contributed by atoms with Gasteiger partial charge in [-0.25, -0.2) is 9.78 Å². The molecule has 0 aromatic carbocycles. The van der Waals surface area contributed by atoms with E-state index >= 15 is 0 Å². The van der Waals surface area contributed by atoms with Crippen LogP contribution in [-0.2, 0) is 4.74 Å². The predicted molar refractivity (Wildman–Crippen MR) is 50.1 cm³/mol. The van der Waals surface area contributed by atoms with Gasteiger partial charge < -0.3 is 10.1 Å². The zero-order valence-electron chi connectivity index (χ0n) is 8.34. The standard InChI is InChI=1S/C9H9F3N2O2/c1-16-8(15)7-4-6(2-3-13-7)14-5-9(10,11)12/h2-4H,5H2,1H3,(H,13,14). The van der Waals surface area contributed by atoms with Gasteiger partial charge in [-0.1, -0.05) is 0 Å². The second kappa shape index (κ2) is 4.82. The fourth-order valence-electron chi connectivity index (χ4n) is 0.959. The number of carbonyl (C=O) groups excluding carboxylic acids is 1. The van der Waals surface area contributed by atoms with Gasteiger partial charge in [0.05, 0.1) is 7.11 Å². The molecule has 1 rings (SSSR count). The Bertz CT molecular complexity index is 379. The number of nitrogens with one attached hydrogen (secondary N) is 1. The van der Waals surface area contributed by atoms with Crippen molar-refractivity contribution in [1.29, 1.82) is 0 Å². The summed E-state index contributed by atoms with van der Waals surface area (Å²) in [6.45, 7) is -1.17. The van der Waals surface area contributed by atoms with E-state index in [2.05, 4.69) is 15.0 Å². The summed E-state index contributed by atoms with van der Waals surface area (Å²) in [6, 6.07) is 2.52. The van der Waals surface area contributed by atoms with Gasteiger partial charge in [-0.2, -0.15) is 13.2 Å². The van der Waals surface area contributed by atoms with Crippen molar-refractivity contribution in [2.45, 2.75) is 6.18 Å². The topological polar surface area (TPSA) is 51.2 Å². The van der Waals surface area contributed by atoms with Crippen LogP contribution in [0.3, 0.4) is 0 Å². The number of anilines is 1. The lowest BCUT2D eigenvalue weighted by molar-refractivity contribution is -0.115. The number of ether oxygens (including phenoxy) is 1. The third kappa shape index (κ3) is 3.76. The molecule has 0 bridgehead atoms. The Morgan fingerprint density at radius 1 is 1.56 bits per heavy atom. The first-order valence-electron chi connectivity index (χ1n) is 4.27. The van der Waals surface area contributed by atoms with Crippen LogP contribution in [0.4, 0.5) is 18.9 Å². The molecular weight excluding hydrogens is 225 g/mol. The molecule has 0 aliphatic heterocycles. The Balaban J connectivity index is 2.71. The predicted octanol–water partition coefficient (Wildman–Crippen LogP) is 1.84. The van der Waals surface area contributed by atoms with Crippen LogP contribution in [0.5, 0.6) is 0 Å². The van der Waals surface area contributed by atoms with Gasteiger partial charge in [0, 0.05) is 11.9 Å². The Morgan fingerprint density at radius 3 is 2.81 bits per heavy atom. The first kappa shape index (κ1) is 12.3. The summed E-state index contributed by atoms with van der Waals surface area (Å²) < 4.78 is 40.1. The molecule has 4 nitrogen and oxygen atoms in total. The summed E-state index contributed by atoms with van der Waals surface area (Å²) in [5, 5.41) is 2.13. The highest BCUT2D eigenvalue weighted by Crippen LogP contribution is 2.16. The average Bonchev–Trinajstić information content (AvgIpc) is 2.25. The minimum atomic E-state index is -4.31. The van der Waals surface area contributed by atoms with E-state index in [4.69, 9.17) is 0 Å². The van der Waals surface area contributed by atoms with Gasteiger partial charge in [0.2, 0.25) is 0 Å². The Labute approximate surface area is 89.4 Å².